The molecule has 0 aliphatic carbocycles. The second kappa shape index (κ2) is 4.06. The van der Waals surface area contributed by atoms with Crippen LogP contribution in [0.1, 0.15) is 10.4 Å². The highest BCUT2D eigenvalue weighted by atomic mass is 16.4. The third kappa shape index (κ3) is 1.75. The Morgan fingerprint density at radius 2 is 2.38 bits per heavy atom. The number of allylic oxidation sites excluding steroid dienone is 1. The summed E-state index contributed by atoms with van der Waals surface area (Å²) in [6.07, 6.45) is 4.88. The molecule has 0 radical (unpaired) electrons. The monoisotopic (exact) mass is 217 g/mol. The summed E-state index contributed by atoms with van der Waals surface area (Å²) >= 11 is 0. The number of carbonyl (C=O) groups is 1. The number of carboxylic acid groups (broad SMARTS) is 1. The fraction of sp³-hybridized carbons (Fsp3) is 0.0909. The Balaban J connectivity index is 2.46. The minimum Gasteiger partial charge on any atom is -0.478 e. The molecule has 0 saturated carbocycles. The van der Waals surface area contributed by atoms with Crippen molar-refractivity contribution in [2.24, 2.45) is 5.73 Å². The minimum atomic E-state index is -0.934. The summed E-state index contributed by atoms with van der Waals surface area (Å²) in [5.41, 5.74) is 6.41. The van der Waals surface area contributed by atoms with Gasteiger partial charge in [-0.05, 0) is 30.5 Å². The molecule has 2 rings (SSSR count). The summed E-state index contributed by atoms with van der Waals surface area (Å²) in [4.78, 5) is 10.8. The van der Waals surface area contributed by atoms with E-state index >= 15 is 0 Å². The van der Waals surface area contributed by atoms with E-state index in [0.717, 1.165) is 10.9 Å². The lowest BCUT2D eigenvalue weighted by Gasteiger charge is -1.99. The van der Waals surface area contributed by atoms with Gasteiger partial charge < -0.3 is 10.8 Å². The summed E-state index contributed by atoms with van der Waals surface area (Å²) in [6, 6.07) is 4.92. The van der Waals surface area contributed by atoms with Crippen LogP contribution >= 0.6 is 0 Å². The number of nitrogens with two attached hydrogens (primary N) is 1. The van der Waals surface area contributed by atoms with Gasteiger partial charge in [0.2, 0.25) is 0 Å². The maximum atomic E-state index is 10.8. The molecule has 0 spiro atoms. The van der Waals surface area contributed by atoms with E-state index in [9.17, 15) is 4.79 Å². The van der Waals surface area contributed by atoms with Crippen LogP contribution in [0.15, 0.2) is 36.7 Å². The van der Waals surface area contributed by atoms with Gasteiger partial charge in [0.05, 0.1) is 23.8 Å². The summed E-state index contributed by atoms with van der Waals surface area (Å²) in [5.74, 6) is -0.934. The third-order valence-corrected chi connectivity index (χ3v) is 2.30. The molecule has 1 aromatic carbocycles. The number of rotatable bonds is 3. The SMILES string of the molecule is N/C=C/Cn1ncc2cc(C(=O)O)ccc21. The lowest BCUT2D eigenvalue weighted by atomic mass is 10.1. The van der Waals surface area contributed by atoms with Crippen molar-refractivity contribution < 1.29 is 9.90 Å². The second-order valence-electron chi connectivity index (χ2n) is 3.33. The molecule has 5 nitrogen and oxygen atoms in total. The summed E-state index contributed by atoms with van der Waals surface area (Å²) in [5, 5.41) is 13.8. The Bertz CT molecular complexity index is 557. The van der Waals surface area contributed by atoms with Gasteiger partial charge in [0.25, 0.3) is 0 Å². The van der Waals surface area contributed by atoms with Crippen molar-refractivity contribution >= 4 is 16.9 Å². The van der Waals surface area contributed by atoms with Crippen molar-refractivity contribution in [3.63, 3.8) is 0 Å². The predicted molar refractivity (Wildman–Crippen MR) is 60.0 cm³/mol. The molecule has 2 aromatic rings. The Kier molecular flexibility index (Phi) is 2.59. The quantitative estimate of drug-likeness (QED) is 0.809. The molecular weight excluding hydrogens is 206 g/mol. The van der Waals surface area contributed by atoms with Crippen LogP contribution in [0.5, 0.6) is 0 Å². The number of hydrogen-bond acceptors (Lipinski definition) is 3. The zero-order chi connectivity index (χ0) is 11.5. The van der Waals surface area contributed by atoms with E-state index in [1.807, 2.05) is 0 Å². The third-order valence-electron chi connectivity index (χ3n) is 2.30. The van der Waals surface area contributed by atoms with Gasteiger partial charge in [-0.1, -0.05) is 0 Å². The molecule has 5 heteroatoms. The van der Waals surface area contributed by atoms with Gasteiger partial charge >= 0.3 is 5.97 Å². The van der Waals surface area contributed by atoms with Gasteiger partial charge in [0.15, 0.2) is 0 Å². The Labute approximate surface area is 91.8 Å². The smallest absolute Gasteiger partial charge is 0.335 e. The van der Waals surface area contributed by atoms with E-state index < -0.39 is 5.97 Å². The van der Waals surface area contributed by atoms with Crippen molar-refractivity contribution in [2.75, 3.05) is 0 Å². The van der Waals surface area contributed by atoms with Crippen LogP contribution in [0, 0.1) is 0 Å². The normalized spacial score (nSPS) is 11.2. The first-order valence-electron chi connectivity index (χ1n) is 4.78. The van der Waals surface area contributed by atoms with E-state index in [4.69, 9.17) is 10.8 Å². The minimum absolute atomic E-state index is 0.265. The van der Waals surface area contributed by atoms with Crippen molar-refractivity contribution in [1.29, 1.82) is 0 Å². The first-order chi connectivity index (χ1) is 7.72. The molecule has 0 amide bonds. The van der Waals surface area contributed by atoms with Crippen LogP contribution in [0.4, 0.5) is 0 Å². The van der Waals surface area contributed by atoms with Gasteiger partial charge in [0, 0.05) is 5.39 Å². The highest BCUT2D eigenvalue weighted by Gasteiger charge is 2.06. The van der Waals surface area contributed by atoms with Crippen molar-refractivity contribution in [3.8, 4) is 0 Å². The highest BCUT2D eigenvalue weighted by Crippen LogP contribution is 2.15. The summed E-state index contributed by atoms with van der Waals surface area (Å²) in [7, 11) is 0. The predicted octanol–water partition coefficient (Wildman–Crippen LogP) is 1.21. The lowest BCUT2D eigenvalue weighted by Crippen LogP contribution is -1.99. The van der Waals surface area contributed by atoms with Crippen LogP contribution < -0.4 is 5.73 Å². The van der Waals surface area contributed by atoms with Crippen LogP contribution in [-0.4, -0.2) is 20.9 Å². The number of benzene rings is 1. The molecule has 0 fully saturated rings. The maximum absolute atomic E-state index is 10.8. The van der Waals surface area contributed by atoms with Crippen molar-refractivity contribution in [2.45, 2.75) is 6.54 Å². The summed E-state index contributed by atoms with van der Waals surface area (Å²) < 4.78 is 1.75. The molecule has 0 saturated heterocycles. The number of nitrogens with zero attached hydrogens (tertiary/aromatic N) is 2. The van der Waals surface area contributed by atoms with Crippen molar-refractivity contribution in [1.82, 2.24) is 9.78 Å². The zero-order valence-electron chi connectivity index (χ0n) is 8.50. The summed E-state index contributed by atoms with van der Waals surface area (Å²) in [6.45, 7) is 0.576. The molecule has 0 aliphatic heterocycles. The number of aromatic nitrogens is 2. The fourth-order valence-corrected chi connectivity index (χ4v) is 1.53. The molecule has 0 aliphatic rings. The van der Waals surface area contributed by atoms with Gasteiger partial charge in [-0.2, -0.15) is 5.10 Å². The first-order valence-corrected chi connectivity index (χ1v) is 4.78. The van der Waals surface area contributed by atoms with E-state index in [-0.39, 0.29) is 5.56 Å². The maximum Gasteiger partial charge on any atom is 0.335 e. The van der Waals surface area contributed by atoms with Gasteiger partial charge in [-0.25, -0.2) is 4.79 Å². The Hall–Kier alpha value is -2.30. The Morgan fingerprint density at radius 1 is 1.56 bits per heavy atom. The average molecular weight is 217 g/mol. The highest BCUT2D eigenvalue weighted by molar-refractivity contribution is 5.93. The molecule has 1 heterocycles. The second-order valence-corrected chi connectivity index (χ2v) is 3.33. The average Bonchev–Trinajstić information content (AvgIpc) is 2.68. The van der Waals surface area contributed by atoms with Crippen LogP contribution in [0.25, 0.3) is 10.9 Å². The molecule has 0 atom stereocenters. The van der Waals surface area contributed by atoms with Gasteiger partial charge in [-0.3, -0.25) is 4.68 Å². The van der Waals surface area contributed by atoms with Crippen LogP contribution in [0.2, 0.25) is 0 Å². The number of fused-ring (bicyclic) bond motifs is 1. The standard InChI is InChI=1S/C11H11N3O2/c12-4-1-5-14-10-3-2-8(11(15)16)6-9(10)7-13-14/h1-4,6-7H,5,12H2,(H,15,16)/b4-1+. The molecule has 82 valence electrons. The largest absolute Gasteiger partial charge is 0.478 e. The zero-order valence-corrected chi connectivity index (χ0v) is 8.50. The van der Waals surface area contributed by atoms with Crippen LogP contribution in [0.3, 0.4) is 0 Å². The molecule has 3 N–H and O–H groups in total. The molecule has 16 heavy (non-hydrogen) atoms. The van der Waals surface area contributed by atoms with E-state index in [0.29, 0.717) is 6.54 Å². The van der Waals surface area contributed by atoms with E-state index in [1.165, 1.54) is 6.20 Å². The molecular formula is C11H11N3O2. The van der Waals surface area contributed by atoms with Gasteiger partial charge in [-0.15, -0.1) is 0 Å². The molecule has 0 bridgehead atoms. The number of hydrogen-bond donors (Lipinski definition) is 2. The fourth-order valence-electron chi connectivity index (χ4n) is 1.53. The van der Waals surface area contributed by atoms with E-state index in [2.05, 4.69) is 5.10 Å². The first kappa shape index (κ1) is 10.2. The topological polar surface area (TPSA) is 81.1 Å². The number of carboxylic acids is 1. The van der Waals surface area contributed by atoms with Crippen molar-refractivity contribution in [3.05, 3.63) is 42.2 Å². The van der Waals surface area contributed by atoms with Gasteiger partial charge in [0.1, 0.15) is 0 Å². The molecule has 0 unspecified atom stereocenters. The van der Waals surface area contributed by atoms with E-state index in [1.54, 1.807) is 35.2 Å². The number of aromatic carboxylic acids is 1. The van der Waals surface area contributed by atoms with Crippen LogP contribution in [-0.2, 0) is 6.54 Å². The molecule has 1 aromatic heterocycles. The Morgan fingerprint density at radius 3 is 3.06 bits per heavy atom. The lowest BCUT2D eigenvalue weighted by molar-refractivity contribution is 0.0697.